The molecule has 0 bridgehead atoms. The van der Waals surface area contributed by atoms with Gasteiger partial charge in [0.05, 0.1) is 5.41 Å². The van der Waals surface area contributed by atoms with E-state index in [9.17, 15) is 4.79 Å². The van der Waals surface area contributed by atoms with Gasteiger partial charge in [0.2, 0.25) is 11.9 Å². The van der Waals surface area contributed by atoms with Crippen molar-refractivity contribution in [2.75, 3.05) is 37.0 Å². The summed E-state index contributed by atoms with van der Waals surface area (Å²) in [4.78, 5) is 24.7. The predicted molar refractivity (Wildman–Crippen MR) is 75.3 cm³/mol. The maximum atomic E-state index is 12.3. The number of nitrogens with zero attached hydrogens (tertiary/aromatic N) is 4. The number of alkyl halides is 1. The smallest absolute Gasteiger partial charge is 0.229 e. The Hall–Kier alpha value is -1.36. The first-order chi connectivity index (χ1) is 9.04. The van der Waals surface area contributed by atoms with Crippen LogP contribution in [-0.2, 0) is 4.79 Å². The van der Waals surface area contributed by atoms with Crippen LogP contribution >= 0.6 is 11.6 Å². The number of carbonyl (C=O) groups is 1. The van der Waals surface area contributed by atoms with Crippen molar-refractivity contribution in [3.05, 3.63) is 18.5 Å². The minimum atomic E-state index is -0.493. The van der Waals surface area contributed by atoms with Crippen molar-refractivity contribution in [1.29, 1.82) is 0 Å². The van der Waals surface area contributed by atoms with E-state index in [0.29, 0.717) is 19.0 Å². The highest BCUT2D eigenvalue weighted by Crippen LogP contribution is 2.22. The fraction of sp³-hybridized carbons (Fsp3) is 0.615. The van der Waals surface area contributed by atoms with Crippen LogP contribution in [0.2, 0.25) is 0 Å². The summed E-state index contributed by atoms with van der Waals surface area (Å²) in [6.45, 7) is 6.67. The molecule has 0 radical (unpaired) electrons. The molecule has 1 aliphatic heterocycles. The molecule has 0 saturated carbocycles. The Morgan fingerprint density at radius 3 is 2.37 bits per heavy atom. The van der Waals surface area contributed by atoms with E-state index in [1.807, 2.05) is 18.7 Å². The lowest BCUT2D eigenvalue weighted by Gasteiger charge is -2.38. The first kappa shape index (κ1) is 14.1. The number of aromatic nitrogens is 2. The van der Waals surface area contributed by atoms with Crippen LogP contribution in [0.15, 0.2) is 18.5 Å². The first-order valence-corrected chi connectivity index (χ1v) is 6.95. The molecule has 0 N–H and O–H groups in total. The highest BCUT2D eigenvalue weighted by atomic mass is 35.5. The van der Waals surface area contributed by atoms with E-state index in [1.54, 1.807) is 18.5 Å². The molecule has 1 aromatic rings. The lowest BCUT2D eigenvalue weighted by molar-refractivity contribution is -0.139. The summed E-state index contributed by atoms with van der Waals surface area (Å²) in [5.41, 5.74) is -0.493. The van der Waals surface area contributed by atoms with E-state index in [2.05, 4.69) is 14.9 Å². The molecule has 1 aromatic heterocycles. The number of amides is 1. The van der Waals surface area contributed by atoms with Crippen LogP contribution in [-0.4, -0.2) is 52.8 Å². The molecular weight excluding hydrogens is 264 g/mol. The number of carbonyl (C=O) groups excluding carboxylic acids is 1. The number of anilines is 1. The Morgan fingerprint density at radius 1 is 1.26 bits per heavy atom. The standard InChI is InChI=1S/C13H19ClN4O/c1-13(2,10-14)11(19)17-6-8-18(9-7-17)12-15-4-3-5-16-12/h3-5H,6-10H2,1-2H3. The van der Waals surface area contributed by atoms with Crippen molar-refractivity contribution in [1.82, 2.24) is 14.9 Å². The van der Waals surface area contributed by atoms with Crippen molar-refractivity contribution in [2.24, 2.45) is 5.41 Å². The van der Waals surface area contributed by atoms with Crippen molar-refractivity contribution in [3.8, 4) is 0 Å². The summed E-state index contributed by atoms with van der Waals surface area (Å²) in [6, 6.07) is 1.80. The number of hydrogen-bond donors (Lipinski definition) is 0. The van der Waals surface area contributed by atoms with E-state index in [-0.39, 0.29) is 5.91 Å². The molecule has 0 aromatic carbocycles. The van der Waals surface area contributed by atoms with Crippen LogP contribution in [0.4, 0.5) is 5.95 Å². The van der Waals surface area contributed by atoms with Crippen molar-refractivity contribution >= 4 is 23.5 Å². The third-order valence-corrected chi connectivity index (χ3v) is 3.98. The maximum absolute atomic E-state index is 12.3. The summed E-state index contributed by atoms with van der Waals surface area (Å²) in [6.07, 6.45) is 3.47. The van der Waals surface area contributed by atoms with Gasteiger partial charge in [0.25, 0.3) is 0 Å². The lowest BCUT2D eigenvalue weighted by Crippen LogP contribution is -2.52. The molecular formula is C13H19ClN4O. The van der Waals surface area contributed by atoms with Gasteiger partial charge >= 0.3 is 0 Å². The topological polar surface area (TPSA) is 49.3 Å². The molecule has 0 unspecified atom stereocenters. The molecule has 2 heterocycles. The summed E-state index contributed by atoms with van der Waals surface area (Å²) in [5, 5.41) is 0. The third kappa shape index (κ3) is 3.15. The van der Waals surface area contributed by atoms with Gasteiger partial charge in [-0.05, 0) is 19.9 Å². The quantitative estimate of drug-likeness (QED) is 0.786. The van der Waals surface area contributed by atoms with Gasteiger partial charge in [-0.1, -0.05) is 0 Å². The number of piperazine rings is 1. The number of hydrogen-bond acceptors (Lipinski definition) is 4. The predicted octanol–water partition coefficient (Wildman–Crippen LogP) is 1.39. The average Bonchev–Trinajstić information content (AvgIpc) is 2.47. The largest absolute Gasteiger partial charge is 0.339 e. The summed E-state index contributed by atoms with van der Waals surface area (Å²) >= 11 is 5.85. The first-order valence-electron chi connectivity index (χ1n) is 6.42. The Kier molecular flexibility index (Phi) is 4.24. The Morgan fingerprint density at radius 2 is 1.84 bits per heavy atom. The van der Waals surface area contributed by atoms with Crippen LogP contribution in [0.25, 0.3) is 0 Å². The minimum absolute atomic E-state index is 0.121. The fourth-order valence-corrected chi connectivity index (χ4v) is 2.16. The van der Waals surface area contributed by atoms with E-state index < -0.39 is 5.41 Å². The molecule has 1 aliphatic rings. The average molecular weight is 283 g/mol. The molecule has 19 heavy (non-hydrogen) atoms. The highest BCUT2D eigenvalue weighted by molar-refractivity contribution is 6.19. The van der Waals surface area contributed by atoms with Crippen LogP contribution in [0, 0.1) is 5.41 Å². The second-order valence-electron chi connectivity index (χ2n) is 5.35. The van der Waals surface area contributed by atoms with Gasteiger partial charge in [-0.3, -0.25) is 4.79 Å². The number of halogens is 1. The van der Waals surface area contributed by atoms with Gasteiger partial charge in [0.15, 0.2) is 0 Å². The van der Waals surface area contributed by atoms with Gasteiger partial charge in [-0.2, -0.15) is 0 Å². The zero-order valence-electron chi connectivity index (χ0n) is 11.3. The van der Waals surface area contributed by atoms with Crippen molar-refractivity contribution in [3.63, 3.8) is 0 Å². The minimum Gasteiger partial charge on any atom is -0.339 e. The highest BCUT2D eigenvalue weighted by Gasteiger charge is 2.33. The molecule has 2 rings (SSSR count). The van der Waals surface area contributed by atoms with Crippen LogP contribution in [0.3, 0.4) is 0 Å². The summed E-state index contributed by atoms with van der Waals surface area (Å²) < 4.78 is 0. The zero-order valence-corrected chi connectivity index (χ0v) is 12.1. The van der Waals surface area contributed by atoms with Gasteiger partial charge in [-0.25, -0.2) is 9.97 Å². The molecule has 5 nitrogen and oxygen atoms in total. The second kappa shape index (κ2) is 5.74. The van der Waals surface area contributed by atoms with Crippen LogP contribution in [0.5, 0.6) is 0 Å². The Bertz CT molecular complexity index is 430. The van der Waals surface area contributed by atoms with Crippen molar-refractivity contribution in [2.45, 2.75) is 13.8 Å². The van der Waals surface area contributed by atoms with Gasteiger partial charge < -0.3 is 9.80 Å². The SMILES string of the molecule is CC(C)(CCl)C(=O)N1CCN(c2ncccn2)CC1. The zero-order chi connectivity index (χ0) is 13.9. The van der Waals surface area contributed by atoms with Gasteiger partial charge in [-0.15, -0.1) is 11.6 Å². The van der Waals surface area contributed by atoms with Crippen LogP contribution in [0.1, 0.15) is 13.8 Å². The third-order valence-electron chi connectivity index (χ3n) is 3.31. The normalized spacial score (nSPS) is 16.6. The molecule has 104 valence electrons. The van der Waals surface area contributed by atoms with E-state index >= 15 is 0 Å². The molecule has 1 amide bonds. The maximum Gasteiger partial charge on any atom is 0.229 e. The Labute approximate surface area is 118 Å². The van der Waals surface area contributed by atoms with E-state index in [4.69, 9.17) is 11.6 Å². The Balaban J connectivity index is 1.95. The van der Waals surface area contributed by atoms with Gasteiger partial charge in [0.1, 0.15) is 0 Å². The monoisotopic (exact) mass is 282 g/mol. The molecule has 0 aliphatic carbocycles. The molecule has 1 saturated heterocycles. The molecule has 6 heteroatoms. The van der Waals surface area contributed by atoms with E-state index in [0.717, 1.165) is 19.0 Å². The summed E-state index contributed by atoms with van der Waals surface area (Å²) in [5.74, 6) is 1.19. The second-order valence-corrected chi connectivity index (χ2v) is 5.61. The van der Waals surface area contributed by atoms with Gasteiger partial charge in [0, 0.05) is 44.5 Å². The summed E-state index contributed by atoms with van der Waals surface area (Å²) in [7, 11) is 0. The fourth-order valence-electron chi connectivity index (χ4n) is 2.05. The van der Waals surface area contributed by atoms with Crippen LogP contribution < -0.4 is 4.90 Å². The van der Waals surface area contributed by atoms with Crippen molar-refractivity contribution < 1.29 is 4.79 Å². The molecule has 0 spiro atoms. The number of rotatable bonds is 3. The van der Waals surface area contributed by atoms with E-state index in [1.165, 1.54) is 0 Å². The molecule has 0 atom stereocenters. The molecule has 1 fully saturated rings. The lowest BCUT2D eigenvalue weighted by atomic mass is 9.94.